The summed E-state index contributed by atoms with van der Waals surface area (Å²) < 4.78 is 0.166. The molecule has 0 radical (unpaired) electrons. The maximum absolute atomic E-state index is 3.64. The van der Waals surface area contributed by atoms with Gasteiger partial charge in [0.15, 0.2) is 0 Å². The lowest BCUT2D eigenvalue weighted by Gasteiger charge is -2.12. The molecule has 2 rings (SSSR count). The van der Waals surface area contributed by atoms with Crippen molar-refractivity contribution in [3.8, 4) is 0 Å². The molecule has 14 heavy (non-hydrogen) atoms. The highest BCUT2D eigenvalue weighted by molar-refractivity contribution is 9.25. The average Bonchev–Trinajstić information content (AvgIpc) is 2.75. The van der Waals surface area contributed by atoms with Crippen molar-refractivity contribution in [1.29, 1.82) is 0 Å². The smallest absolute Gasteiger partial charge is 0.0881 e. The van der Waals surface area contributed by atoms with Gasteiger partial charge < -0.3 is 4.90 Å². The van der Waals surface area contributed by atoms with E-state index in [1.165, 1.54) is 17.7 Å². The zero-order chi connectivity index (χ0) is 10.3. The Labute approximate surface area is 102 Å². The molecule has 1 aliphatic carbocycles. The maximum atomic E-state index is 3.64. The molecular formula is C11H13Br2N. The summed E-state index contributed by atoms with van der Waals surface area (Å²) in [6.45, 7) is 0. The first-order valence-electron chi connectivity index (χ1n) is 4.66. The van der Waals surface area contributed by atoms with E-state index in [0.29, 0.717) is 5.92 Å². The highest BCUT2D eigenvalue weighted by atomic mass is 79.9. The van der Waals surface area contributed by atoms with Gasteiger partial charge in [0.25, 0.3) is 0 Å². The van der Waals surface area contributed by atoms with Crippen LogP contribution in [0.3, 0.4) is 0 Å². The van der Waals surface area contributed by atoms with E-state index in [1.54, 1.807) is 0 Å². The predicted molar refractivity (Wildman–Crippen MR) is 68.7 cm³/mol. The molecule has 1 atom stereocenters. The third kappa shape index (κ3) is 1.98. The topological polar surface area (TPSA) is 3.24 Å². The Bertz CT molecular complexity index is 330. The molecule has 0 aromatic heterocycles. The van der Waals surface area contributed by atoms with E-state index in [4.69, 9.17) is 0 Å². The second kappa shape index (κ2) is 3.53. The molecule has 0 N–H and O–H groups in total. The van der Waals surface area contributed by atoms with Crippen molar-refractivity contribution in [3.05, 3.63) is 29.8 Å². The van der Waals surface area contributed by atoms with Crippen LogP contribution in [0.15, 0.2) is 24.3 Å². The Morgan fingerprint density at radius 2 is 1.71 bits per heavy atom. The zero-order valence-corrected chi connectivity index (χ0v) is 11.5. The Morgan fingerprint density at radius 1 is 1.21 bits per heavy atom. The number of rotatable bonds is 2. The molecule has 0 bridgehead atoms. The Morgan fingerprint density at radius 3 is 2.07 bits per heavy atom. The molecule has 0 amide bonds. The predicted octanol–water partition coefficient (Wildman–Crippen LogP) is 3.73. The van der Waals surface area contributed by atoms with Gasteiger partial charge in [-0.05, 0) is 24.1 Å². The lowest BCUT2D eigenvalue weighted by atomic mass is 10.1. The van der Waals surface area contributed by atoms with Gasteiger partial charge >= 0.3 is 0 Å². The van der Waals surface area contributed by atoms with E-state index < -0.39 is 0 Å². The molecule has 1 aromatic rings. The maximum Gasteiger partial charge on any atom is 0.0881 e. The van der Waals surface area contributed by atoms with Crippen LogP contribution in [0.5, 0.6) is 0 Å². The van der Waals surface area contributed by atoms with Crippen LogP contribution in [0.2, 0.25) is 0 Å². The summed E-state index contributed by atoms with van der Waals surface area (Å²) in [5.74, 6) is 0.624. The van der Waals surface area contributed by atoms with E-state index in [2.05, 4.69) is 75.1 Å². The third-order valence-corrected chi connectivity index (χ3v) is 4.39. The van der Waals surface area contributed by atoms with Crippen LogP contribution in [0.4, 0.5) is 5.69 Å². The Hall–Kier alpha value is -0.0200. The fraction of sp³-hybridized carbons (Fsp3) is 0.455. The lowest BCUT2D eigenvalue weighted by Crippen LogP contribution is -2.08. The summed E-state index contributed by atoms with van der Waals surface area (Å²) in [6, 6.07) is 8.77. The molecule has 3 heteroatoms. The van der Waals surface area contributed by atoms with Crippen LogP contribution in [0, 0.1) is 0 Å². The molecule has 0 saturated heterocycles. The average molecular weight is 319 g/mol. The van der Waals surface area contributed by atoms with Crippen molar-refractivity contribution >= 4 is 37.5 Å². The molecule has 76 valence electrons. The van der Waals surface area contributed by atoms with Crippen molar-refractivity contribution in [2.45, 2.75) is 15.6 Å². The summed E-state index contributed by atoms with van der Waals surface area (Å²) in [5.41, 5.74) is 2.66. The van der Waals surface area contributed by atoms with Crippen LogP contribution in [-0.2, 0) is 0 Å². The second-order valence-electron chi connectivity index (χ2n) is 4.00. The minimum atomic E-state index is 0.166. The van der Waals surface area contributed by atoms with Gasteiger partial charge in [0.05, 0.1) is 3.23 Å². The summed E-state index contributed by atoms with van der Waals surface area (Å²) in [5, 5.41) is 0. The van der Waals surface area contributed by atoms with E-state index in [1.807, 2.05) is 0 Å². The highest BCUT2D eigenvalue weighted by Crippen LogP contribution is 2.62. The van der Waals surface area contributed by atoms with Crippen molar-refractivity contribution in [2.24, 2.45) is 0 Å². The minimum Gasteiger partial charge on any atom is -0.378 e. The first kappa shape index (κ1) is 10.5. The Kier molecular flexibility index (Phi) is 2.64. The van der Waals surface area contributed by atoms with Gasteiger partial charge in [-0.25, -0.2) is 0 Å². The van der Waals surface area contributed by atoms with Crippen LogP contribution < -0.4 is 4.90 Å². The molecule has 1 aliphatic rings. The third-order valence-electron chi connectivity index (χ3n) is 2.64. The first-order valence-corrected chi connectivity index (χ1v) is 6.24. The second-order valence-corrected chi connectivity index (χ2v) is 7.90. The van der Waals surface area contributed by atoms with Crippen LogP contribution in [0.25, 0.3) is 0 Å². The summed E-state index contributed by atoms with van der Waals surface area (Å²) in [4.78, 5) is 2.12. The molecular weight excluding hydrogens is 306 g/mol. The normalized spacial score (nSPS) is 23.3. The highest BCUT2D eigenvalue weighted by Gasteiger charge is 2.50. The molecule has 1 saturated carbocycles. The molecule has 0 spiro atoms. The number of benzene rings is 1. The van der Waals surface area contributed by atoms with Crippen LogP contribution in [-0.4, -0.2) is 17.3 Å². The van der Waals surface area contributed by atoms with Gasteiger partial charge in [-0.15, -0.1) is 0 Å². The molecule has 0 heterocycles. The van der Waals surface area contributed by atoms with E-state index in [-0.39, 0.29) is 3.23 Å². The molecule has 0 aliphatic heterocycles. The van der Waals surface area contributed by atoms with Gasteiger partial charge in [-0.1, -0.05) is 44.0 Å². The number of hydrogen-bond acceptors (Lipinski definition) is 1. The number of anilines is 1. The van der Waals surface area contributed by atoms with Crippen molar-refractivity contribution in [1.82, 2.24) is 0 Å². The van der Waals surface area contributed by atoms with Gasteiger partial charge in [-0.2, -0.15) is 0 Å². The SMILES string of the molecule is CN(C)c1ccc(C2CC2(Br)Br)cc1. The van der Waals surface area contributed by atoms with E-state index >= 15 is 0 Å². The Balaban J connectivity index is 2.16. The fourth-order valence-corrected chi connectivity index (χ4v) is 2.76. The monoisotopic (exact) mass is 317 g/mol. The van der Waals surface area contributed by atoms with E-state index in [0.717, 1.165) is 0 Å². The van der Waals surface area contributed by atoms with Gasteiger partial charge in [0.2, 0.25) is 0 Å². The quantitative estimate of drug-likeness (QED) is 0.751. The first-order chi connectivity index (χ1) is 6.50. The van der Waals surface area contributed by atoms with Crippen LogP contribution >= 0.6 is 31.9 Å². The summed E-state index contributed by atoms with van der Waals surface area (Å²) >= 11 is 7.29. The van der Waals surface area contributed by atoms with Gasteiger partial charge in [0.1, 0.15) is 0 Å². The minimum absolute atomic E-state index is 0.166. The summed E-state index contributed by atoms with van der Waals surface area (Å²) in [6.07, 6.45) is 1.17. The number of hydrogen-bond donors (Lipinski definition) is 0. The molecule has 1 aromatic carbocycles. The fourth-order valence-electron chi connectivity index (χ4n) is 1.58. The van der Waals surface area contributed by atoms with Crippen molar-refractivity contribution < 1.29 is 0 Å². The largest absolute Gasteiger partial charge is 0.378 e. The molecule has 1 nitrogen and oxygen atoms in total. The lowest BCUT2D eigenvalue weighted by molar-refractivity contribution is 1.10. The number of alkyl halides is 2. The van der Waals surface area contributed by atoms with Gasteiger partial charge in [0, 0.05) is 25.7 Å². The van der Waals surface area contributed by atoms with Crippen molar-refractivity contribution in [3.63, 3.8) is 0 Å². The van der Waals surface area contributed by atoms with Crippen LogP contribution in [0.1, 0.15) is 17.9 Å². The van der Waals surface area contributed by atoms with E-state index in [9.17, 15) is 0 Å². The van der Waals surface area contributed by atoms with Crippen molar-refractivity contribution in [2.75, 3.05) is 19.0 Å². The summed E-state index contributed by atoms with van der Waals surface area (Å²) in [7, 11) is 4.12. The number of halogens is 2. The molecule has 1 unspecified atom stereocenters. The van der Waals surface area contributed by atoms with Gasteiger partial charge in [-0.3, -0.25) is 0 Å². The zero-order valence-electron chi connectivity index (χ0n) is 8.30. The molecule has 1 fully saturated rings. The number of nitrogens with zero attached hydrogens (tertiary/aromatic N) is 1. The standard InChI is InChI=1S/C11H13Br2N/c1-14(2)9-5-3-8(4-6-9)10-7-11(10,12)13/h3-6,10H,7H2,1-2H3.